The summed E-state index contributed by atoms with van der Waals surface area (Å²) < 4.78 is 0.976. The second-order valence-corrected chi connectivity index (χ2v) is 6.93. The van der Waals surface area contributed by atoms with Crippen LogP contribution in [-0.4, -0.2) is 47.4 Å². The summed E-state index contributed by atoms with van der Waals surface area (Å²) in [5.41, 5.74) is 6.24. The van der Waals surface area contributed by atoms with Crippen LogP contribution in [0.1, 0.15) is 5.56 Å². The van der Waals surface area contributed by atoms with E-state index < -0.39 is 5.91 Å². The second-order valence-electron chi connectivity index (χ2n) is 4.87. The number of thioether (sulfide) groups is 1. The van der Waals surface area contributed by atoms with E-state index in [-0.39, 0.29) is 18.5 Å². The lowest BCUT2D eigenvalue weighted by atomic mass is 10.2. The van der Waals surface area contributed by atoms with Crippen molar-refractivity contribution in [3.8, 4) is 0 Å². The van der Waals surface area contributed by atoms with Crippen LogP contribution in [0.25, 0.3) is 0 Å². The van der Waals surface area contributed by atoms with E-state index in [2.05, 4.69) is 21.2 Å². The molecule has 2 amide bonds. The molecule has 0 bridgehead atoms. The molecule has 1 aliphatic heterocycles. The van der Waals surface area contributed by atoms with Gasteiger partial charge in [-0.2, -0.15) is 11.8 Å². The minimum Gasteiger partial charge on any atom is -0.368 e. The van der Waals surface area contributed by atoms with Crippen molar-refractivity contribution < 1.29 is 9.59 Å². The summed E-state index contributed by atoms with van der Waals surface area (Å²) >= 11 is 5.12. The minimum absolute atomic E-state index is 0.0578. The summed E-state index contributed by atoms with van der Waals surface area (Å²) in [6, 6.07) is 7.44. The van der Waals surface area contributed by atoms with Crippen LogP contribution in [0.15, 0.2) is 28.7 Å². The summed E-state index contributed by atoms with van der Waals surface area (Å²) in [4.78, 5) is 25.3. The number of amides is 2. The van der Waals surface area contributed by atoms with Crippen molar-refractivity contribution in [1.82, 2.24) is 10.2 Å². The molecule has 0 spiro atoms. The normalized spacial score (nSPS) is 18.2. The standard InChI is InChI=1S/C14H18BrN3O2S/c15-11-3-1-10(2-4-11)7-18(8-13(16)19)14(20)12-9-21-6-5-17-12/h1-4,12,17H,5-9H2,(H2,16,19). The Morgan fingerprint density at radius 2 is 2.10 bits per heavy atom. The van der Waals surface area contributed by atoms with Gasteiger partial charge in [-0.15, -0.1) is 0 Å². The summed E-state index contributed by atoms with van der Waals surface area (Å²) in [5, 5.41) is 3.20. The number of primary amides is 1. The third-order valence-corrected chi connectivity index (χ3v) is 4.76. The zero-order valence-corrected chi connectivity index (χ0v) is 14.0. The Labute approximate surface area is 136 Å². The lowest BCUT2D eigenvalue weighted by Crippen LogP contribution is -2.52. The average molecular weight is 372 g/mol. The first kappa shape index (κ1) is 16.3. The number of carbonyl (C=O) groups excluding carboxylic acids is 2. The van der Waals surface area contributed by atoms with Crippen molar-refractivity contribution in [1.29, 1.82) is 0 Å². The number of nitrogens with zero attached hydrogens (tertiary/aromatic N) is 1. The van der Waals surface area contributed by atoms with Crippen LogP contribution in [0.3, 0.4) is 0 Å². The van der Waals surface area contributed by atoms with E-state index in [1.165, 1.54) is 4.90 Å². The Bertz CT molecular complexity index is 503. The van der Waals surface area contributed by atoms with Gasteiger partial charge in [0.05, 0.1) is 12.6 Å². The molecule has 0 radical (unpaired) electrons. The maximum atomic E-state index is 12.5. The van der Waals surface area contributed by atoms with E-state index in [0.717, 1.165) is 28.1 Å². The van der Waals surface area contributed by atoms with E-state index in [1.807, 2.05) is 24.3 Å². The molecule has 0 aliphatic carbocycles. The average Bonchev–Trinajstić information content (AvgIpc) is 2.48. The molecule has 1 saturated heterocycles. The zero-order chi connectivity index (χ0) is 15.2. The fourth-order valence-corrected chi connectivity index (χ4v) is 3.34. The quantitative estimate of drug-likeness (QED) is 0.808. The highest BCUT2D eigenvalue weighted by Gasteiger charge is 2.26. The van der Waals surface area contributed by atoms with Crippen LogP contribution < -0.4 is 11.1 Å². The molecule has 114 valence electrons. The Kier molecular flexibility index (Phi) is 6.08. The first-order chi connectivity index (χ1) is 10.1. The second kappa shape index (κ2) is 7.82. The summed E-state index contributed by atoms with van der Waals surface area (Å²) in [6.45, 7) is 1.14. The lowest BCUT2D eigenvalue weighted by molar-refractivity contribution is -0.137. The van der Waals surface area contributed by atoms with Crippen molar-refractivity contribution >= 4 is 39.5 Å². The van der Waals surface area contributed by atoms with Gasteiger partial charge in [-0.3, -0.25) is 9.59 Å². The Balaban J connectivity index is 2.07. The van der Waals surface area contributed by atoms with E-state index in [4.69, 9.17) is 5.73 Å². The predicted molar refractivity (Wildman–Crippen MR) is 87.9 cm³/mol. The van der Waals surface area contributed by atoms with E-state index in [9.17, 15) is 9.59 Å². The third kappa shape index (κ3) is 5.01. The first-order valence-corrected chi connectivity index (χ1v) is 8.63. The third-order valence-electron chi connectivity index (χ3n) is 3.16. The molecule has 0 saturated carbocycles. The SMILES string of the molecule is NC(=O)CN(Cc1ccc(Br)cc1)C(=O)C1CSCCN1. The van der Waals surface area contributed by atoms with E-state index >= 15 is 0 Å². The topological polar surface area (TPSA) is 75.4 Å². The van der Waals surface area contributed by atoms with Gasteiger partial charge in [0, 0.05) is 29.1 Å². The van der Waals surface area contributed by atoms with Crippen LogP contribution in [0.4, 0.5) is 0 Å². The van der Waals surface area contributed by atoms with Crippen molar-refractivity contribution in [2.24, 2.45) is 5.73 Å². The summed E-state index contributed by atoms with van der Waals surface area (Å²) in [7, 11) is 0. The molecule has 1 fully saturated rings. The molecule has 1 heterocycles. The van der Waals surface area contributed by atoms with Crippen LogP contribution in [-0.2, 0) is 16.1 Å². The van der Waals surface area contributed by atoms with Crippen molar-refractivity contribution in [2.75, 3.05) is 24.6 Å². The summed E-state index contributed by atoms with van der Waals surface area (Å²) in [6.07, 6.45) is 0. The number of carbonyl (C=O) groups is 2. The number of rotatable bonds is 5. The number of benzene rings is 1. The number of nitrogens with one attached hydrogen (secondary N) is 1. The largest absolute Gasteiger partial charge is 0.368 e. The van der Waals surface area contributed by atoms with Crippen LogP contribution in [0.5, 0.6) is 0 Å². The van der Waals surface area contributed by atoms with Crippen molar-refractivity contribution in [3.05, 3.63) is 34.3 Å². The number of nitrogens with two attached hydrogens (primary N) is 1. The van der Waals surface area contributed by atoms with Gasteiger partial charge in [-0.1, -0.05) is 28.1 Å². The Morgan fingerprint density at radius 1 is 1.38 bits per heavy atom. The van der Waals surface area contributed by atoms with Gasteiger partial charge in [-0.05, 0) is 17.7 Å². The number of hydrogen-bond acceptors (Lipinski definition) is 4. The Morgan fingerprint density at radius 3 is 2.67 bits per heavy atom. The molecule has 0 aromatic heterocycles. The highest BCUT2D eigenvalue weighted by atomic mass is 79.9. The molecule has 5 nitrogen and oxygen atoms in total. The molecule has 1 aromatic rings. The van der Waals surface area contributed by atoms with Crippen molar-refractivity contribution in [3.63, 3.8) is 0 Å². The monoisotopic (exact) mass is 371 g/mol. The van der Waals surface area contributed by atoms with Gasteiger partial charge in [-0.25, -0.2) is 0 Å². The predicted octanol–water partition coefficient (Wildman–Crippen LogP) is 0.968. The van der Waals surface area contributed by atoms with E-state index in [1.54, 1.807) is 11.8 Å². The molecule has 1 aromatic carbocycles. The molecule has 1 aliphatic rings. The smallest absolute Gasteiger partial charge is 0.241 e. The fourth-order valence-electron chi connectivity index (χ4n) is 2.15. The van der Waals surface area contributed by atoms with Gasteiger partial charge < -0.3 is 16.0 Å². The molecule has 3 N–H and O–H groups in total. The van der Waals surface area contributed by atoms with Gasteiger partial charge in [0.2, 0.25) is 11.8 Å². The van der Waals surface area contributed by atoms with Gasteiger partial charge >= 0.3 is 0 Å². The van der Waals surface area contributed by atoms with Crippen LogP contribution in [0, 0.1) is 0 Å². The van der Waals surface area contributed by atoms with Gasteiger partial charge in [0.25, 0.3) is 0 Å². The first-order valence-electron chi connectivity index (χ1n) is 6.69. The van der Waals surface area contributed by atoms with Gasteiger partial charge in [0.1, 0.15) is 0 Å². The number of halogens is 1. The van der Waals surface area contributed by atoms with Crippen molar-refractivity contribution in [2.45, 2.75) is 12.6 Å². The summed E-state index contributed by atoms with van der Waals surface area (Å²) in [5.74, 6) is 1.17. The molecule has 1 unspecified atom stereocenters. The molecule has 21 heavy (non-hydrogen) atoms. The maximum Gasteiger partial charge on any atom is 0.241 e. The number of hydrogen-bond donors (Lipinski definition) is 2. The van der Waals surface area contributed by atoms with Crippen LogP contribution in [0.2, 0.25) is 0 Å². The highest BCUT2D eigenvalue weighted by molar-refractivity contribution is 9.10. The molecule has 1 atom stereocenters. The molecular formula is C14H18BrN3O2S. The lowest BCUT2D eigenvalue weighted by Gasteiger charge is -2.29. The zero-order valence-electron chi connectivity index (χ0n) is 11.5. The molecular weight excluding hydrogens is 354 g/mol. The Hall–Kier alpha value is -1.05. The van der Waals surface area contributed by atoms with E-state index in [0.29, 0.717) is 6.54 Å². The maximum absolute atomic E-state index is 12.5. The fraction of sp³-hybridized carbons (Fsp3) is 0.429. The highest BCUT2D eigenvalue weighted by Crippen LogP contribution is 2.15. The molecule has 7 heteroatoms. The van der Waals surface area contributed by atoms with Gasteiger partial charge in [0.15, 0.2) is 0 Å². The van der Waals surface area contributed by atoms with Crippen LogP contribution >= 0.6 is 27.7 Å². The molecule has 2 rings (SSSR count). The minimum atomic E-state index is -0.496.